The molecule has 2 N–H and O–H groups in total. The fourth-order valence-corrected chi connectivity index (χ4v) is 3.22. The molecule has 0 fully saturated rings. The van der Waals surface area contributed by atoms with Crippen LogP contribution in [0, 0.1) is 6.92 Å². The van der Waals surface area contributed by atoms with Crippen LogP contribution in [0.1, 0.15) is 21.1 Å². The van der Waals surface area contributed by atoms with Crippen molar-refractivity contribution in [3.63, 3.8) is 0 Å². The number of hydrogen-bond donors (Lipinski definition) is 2. The number of ether oxygens (including phenoxy) is 2. The van der Waals surface area contributed by atoms with E-state index in [9.17, 15) is 4.79 Å². The van der Waals surface area contributed by atoms with Crippen molar-refractivity contribution < 1.29 is 18.7 Å². The number of anilines is 2. The molecular weight excluding hydrogens is 354 g/mol. The van der Waals surface area contributed by atoms with E-state index in [0.29, 0.717) is 39.4 Å². The normalized spacial score (nSPS) is 10.4. The number of thiazole rings is 1. The highest BCUT2D eigenvalue weighted by atomic mass is 32.1. The first-order valence-corrected chi connectivity index (χ1v) is 8.69. The first-order chi connectivity index (χ1) is 12.6. The maximum Gasteiger partial charge on any atom is 0.267 e. The third-order valence-corrected chi connectivity index (χ3v) is 4.75. The molecular formula is C18H19N3O4S. The van der Waals surface area contributed by atoms with Gasteiger partial charge in [-0.3, -0.25) is 4.79 Å². The third kappa shape index (κ3) is 3.97. The quantitative estimate of drug-likeness (QED) is 0.653. The molecule has 1 amide bonds. The number of carbonyl (C=O) groups is 1. The number of carbonyl (C=O) groups excluding carboxylic acids is 1. The van der Waals surface area contributed by atoms with Gasteiger partial charge < -0.3 is 24.5 Å². The molecule has 3 rings (SSSR count). The van der Waals surface area contributed by atoms with Crippen LogP contribution < -0.4 is 20.1 Å². The Balaban J connectivity index is 1.69. The minimum atomic E-state index is -0.224. The number of nitrogens with one attached hydrogen (secondary N) is 2. The maximum atomic E-state index is 12.6. The molecule has 1 aromatic carbocycles. The zero-order valence-corrected chi connectivity index (χ0v) is 15.5. The number of methoxy groups -OCH3 is 2. The molecule has 0 saturated heterocycles. The van der Waals surface area contributed by atoms with E-state index in [1.807, 2.05) is 12.1 Å². The van der Waals surface area contributed by atoms with Gasteiger partial charge in [0.15, 0.2) is 16.6 Å². The van der Waals surface area contributed by atoms with Crippen LogP contribution in [-0.2, 0) is 6.54 Å². The molecule has 136 valence electrons. The van der Waals surface area contributed by atoms with Crippen molar-refractivity contribution in [2.24, 2.45) is 0 Å². The second-order valence-electron chi connectivity index (χ2n) is 5.39. The van der Waals surface area contributed by atoms with E-state index in [0.717, 1.165) is 5.76 Å². The molecule has 3 aromatic rings. The lowest BCUT2D eigenvalue weighted by atomic mass is 10.2. The number of rotatable bonds is 7. The van der Waals surface area contributed by atoms with Gasteiger partial charge in [-0.15, -0.1) is 0 Å². The van der Waals surface area contributed by atoms with Gasteiger partial charge in [-0.1, -0.05) is 11.3 Å². The van der Waals surface area contributed by atoms with Crippen molar-refractivity contribution >= 4 is 28.1 Å². The molecule has 0 spiro atoms. The van der Waals surface area contributed by atoms with Crippen LogP contribution >= 0.6 is 11.3 Å². The van der Waals surface area contributed by atoms with E-state index in [4.69, 9.17) is 13.9 Å². The number of amides is 1. The van der Waals surface area contributed by atoms with Crippen LogP contribution in [0.3, 0.4) is 0 Å². The molecule has 0 radical (unpaired) electrons. The SMILES string of the molecule is COc1ccc(NC(=O)c2sc(NCc3ccco3)nc2C)cc1OC. The fourth-order valence-electron chi connectivity index (χ4n) is 2.36. The molecule has 2 aromatic heterocycles. The largest absolute Gasteiger partial charge is 0.493 e. The second kappa shape index (κ2) is 7.92. The van der Waals surface area contributed by atoms with Gasteiger partial charge in [-0.2, -0.15) is 0 Å². The molecule has 0 aliphatic rings. The smallest absolute Gasteiger partial charge is 0.267 e. The predicted molar refractivity (Wildman–Crippen MR) is 100 cm³/mol. The van der Waals surface area contributed by atoms with E-state index in [1.165, 1.54) is 11.3 Å². The van der Waals surface area contributed by atoms with E-state index in [-0.39, 0.29) is 5.91 Å². The van der Waals surface area contributed by atoms with Crippen LogP contribution in [0.5, 0.6) is 11.5 Å². The summed E-state index contributed by atoms with van der Waals surface area (Å²) in [6.07, 6.45) is 1.62. The minimum absolute atomic E-state index is 0.224. The standard InChI is InChI=1S/C18H19N3O4S/c1-11-16(26-18(20-11)19-10-13-5-4-8-25-13)17(22)21-12-6-7-14(23-2)15(9-12)24-3/h4-9H,10H2,1-3H3,(H,19,20)(H,21,22). The number of aromatic nitrogens is 1. The predicted octanol–water partition coefficient (Wildman–Crippen LogP) is 3.93. The highest BCUT2D eigenvalue weighted by Gasteiger charge is 2.16. The van der Waals surface area contributed by atoms with Crippen LogP contribution in [0.25, 0.3) is 0 Å². The highest BCUT2D eigenvalue weighted by molar-refractivity contribution is 7.17. The van der Waals surface area contributed by atoms with E-state index in [1.54, 1.807) is 45.6 Å². The van der Waals surface area contributed by atoms with Crippen molar-refractivity contribution in [1.82, 2.24) is 4.98 Å². The number of benzene rings is 1. The number of hydrogen-bond acceptors (Lipinski definition) is 7. The lowest BCUT2D eigenvalue weighted by Crippen LogP contribution is -2.11. The van der Waals surface area contributed by atoms with Crippen LogP contribution in [0.4, 0.5) is 10.8 Å². The Kier molecular flexibility index (Phi) is 5.43. The Labute approximate surface area is 155 Å². The van der Waals surface area contributed by atoms with E-state index in [2.05, 4.69) is 15.6 Å². The van der Waals surface area contributed by atoms with Gasteiger partial charge in [0.05, 0.1) is 32.7 Å². The lowest BCUT2D eigenvalue weighted by molar-refractivity contribution is 0.103. The van der Waals surface area contributed by atoms with Gasteiger partial charge in [0, 0.05) is 11.8 Å². The Hall–Kier alpha value is -3.00. The van der Waals surface area contributed by atoms with Crippen molar-refractivity contribution in [3.05, 3.63) is 52.9 Å². The molecule has 0 bridgehead atoms. The summed E-state index contributed by atoms with van der Waals surface area (Å²) in [5, 5.41) is 6.68. The number of aryl methyl sites for hydroxylation is 1. The second-order valence-corrected chi connectivity index (χ2v) is 6.39. The summed E-state index contributed by atoms with van der Waals surface area (Å²) < 4.78 is 15.7. The Morgan fingerprint density at radius 1 is 1.23 bits per heavy atom. The first kappa shape index (κ1) is 17.8. The van der Waals surface area contributed by atoms with Crippen LogP contribution in [-0.4, -0.2) is 25.1 Å². The van der Waals surface area contributed by atoms with E-state index >= 15 is 0 Å². The molecule has 26 heavy (non-hydrogen) atoms. The van der Waals surface area contributed by atoms with Gasteiger partial charge in [-0.05, 0) is 31.2 Å². The summed E-state index contributed by atoms with van der Waals surface area (Å²) >= 11 is 1.29. The van der Waals surface area contributed by atoms with Crippen LogP contribution in [0.2, 0.25) is 0 Å². The number of furan rings is 1. The Morgan fingerprint density at radius 2 is 2.04 bits per heavy atom. The molecule has 0 aliphatic heterocycles. The summed E-state index contributed by atoms with van der Waals surface area (Å²) in [5.74, 6) is 1.73. The summed E-state index contributed by atoms with van der Waals surface area (Å²) in [4.78, 5) is 17.5. The van der Waals surface area contributed by atoms with Gasteiger partial charge >= 0.3 is 0 Å². The third-order valence-electron chi connectivity index (χ3n) is 3.64. The fraction of sp³-hybridized carbons (Fsp3) is 0.222. The van der Waals surface area contributed by atoms with Crippen LogP contribution in [0.15, 0.2) is 41.0 Å². The van der Waals surface area contributed by atoms with Crippen molar-refractivity contribution in [1.29, 1.82) is 0 Å². The summed E-state index contributed by atoms with van der Waals surface area (Å²) in [5.41, 5.74) is 1.28. The minimum Gasteiger partial charge on any atom is -0.493 e. The average molecular weight is 373 g/mol. The zero-order chi connectivity index (χ0) is 18.5. The van der Waals surface area contributed by atoms with Gasteiger partial charge in [-0.25, -0.2) is 4.98 Å². The molecule has 0 atom stereocenters. The first-order valence-electron chi connectivity index (χ1n) is 7.87. The average Bonchev–Trinajstić information content (AvgIpc) is 3.29. The van der Waals surface area contributed by atoms with E-state index < -0.39 is 0 Å². The molecule has 0 aliphatic carbocycles. The Bertz CT molecular complexity index is 890. The van der Waals surface area contributed by atoms with Crippen molar-refractivity contribution in [2.45, 2.75) is 13.5 Å². The van der Waals surface area contributed by atoms with Gasteiger partial charge in [0.1, 0.15) is 10.6 Å². The van der Waals surface area contributed by atoms with Crippen molar-refractivity contribution in [2.75, 3.05) is 24.9 Å². The molecule has 7 nitrogen and oxygen atoms in total. The van der Waals surface area contributed by atoms with Gasteiger partial charge in [0.2, 0.25) is 0 Å². The molecule has 8 heteroatoms. The lowest BCUT2D eigenvalue weighted by Gasteiger charge is -2.10. The summed E-state index contributed by atoms with van der Waals surface area (Å²) in [6, 6.07) is 8.91. The summed E-state index contributed by atoms with van der Waals surface area (Å²) in [7, 11) is 3.11. The topological polar surface area (TPSA) is 85.6 Å². The number of nitrogens with zero attached hydrogens (tertiary/aromatic N) is 1. The molecule has 2 heterocycles. The van der Waals surface area contributed by atoms with Gasteiger partial charge in [0.25, 0.3) is 5.91 Å². The molecule has 0 unspecified atom stereocenters. The zero-order valence-electron chi connectivity index (χ0n) is 14.7. The Morgan fingerprint density at radius 3 is 2.73 bits per heavy atom. The molecule has 0 saturated carbocycles. The summed E-state index contributed by atoms with van der Waals surface area (Å²) in [6.45, 7) is 2.31. The maximum absolute atomic E-state index is 12.6. The highest BCUT2D eigenvalue weighted by Crippen LogP contribution is 2.30. The van der Waals surface area contributed by atoms with Crippen molar-refractivity contribution in [3.8, 4) is 11.5 Å². The monoisotopic (exact) mass is 373 g/mol.